The van der Waals surface area contributed by atoms with Crippen LogP contribution in [0.4, 0.5) is 5.69 Å². The molecule has 0 aliphatic carbocycles. The fourth-order valence-corrected chi connectivity index (χ4v) is 3.18. The molecule has 0 bridgehead atoms. The molecule has 0 unspecified atom stereocenters. The molecule has 1 amide bonds. The lowest BCUT2D eigenvalue weighted by Crippen LogP contribution is -2.31. The molecule has 3 rings (SSSR count). The number of ketones is 1. The molecule has 0 saturated carbocycles. The highest BCUT2D eigenvalue weighted by molar-refractivity contribution is 6.53. The molecule has 0 radical (unpaired) electrons. The highest BCUT2D eigenvalue weighted by Gasteiger charge is 2.40. The van der Waals surface area contributed by atoms with Crippen LogP contribution in [0.2, 0.25) is 0 Å². The van der Waals surface area contributed by atoms with Gasteiger partial charge in [0.05, 0.1) is 39.2 Å². The standard InChI is InChI=1S/C21H23NO6/c1-13-6-8-14(9-7-13)28-11-5-10-22-15-12-16(25-2)19(26-3)20(27-4)17(15)18(23)21(22)24/h6-9,12H,5,10-11H2,1-4H3. The summed E-state index contributed by atoms with van der Waals surface area (Å²) in [6, 6.07) is 9.37. The van der Waals surface area contributed by atoms with Crippen molar-refractivity contribution in [1.29, 1.82) is 0 Å². The Kier molecular flexibility index (Phi) is 5.73. The normalized spacial score (nSPS) is 12.8. The molecule has 1 aliphatic rings. The predicted molar refractivity (Wildman–Crippen MR) is 104 cm³/mol. The Morgan fingerprint density at radius 1 is 0.929 bits per heavy atom. The number of hydrogen-bond acceptors (Lipinski definition) is 6. The molecular formula is C21H23NO6. The van der Waals surface area contributed by atoms with Crippen LogP contribution >= 0.6 is 0 Å². The van der Waals surface area contributed by atoms with Gasteiger partial charge >= 0.3 is 0 Å². The number of ether oxygens (including phenoxy) is 4. The van der Waals surface area contributed by atoms with Crippen LogP contribution in [0.5, 0.6) is 23.0 Å². The Morgan fingerprint density at radius 3 is 2.21 bits per heavy atom. The highest BCUT2D eigenvalue weighted by atomic mass is 16.5. The Morgan fingerprint density at radius 2 is 1.61 bits per heavy atom. The first-order chi connectivity index (χ1) is 13.5. The van der Waals surface area contributed by atoms with E-state index in [4.69, 9.17) is 18.9 Å². The molecular weight excluding hydrogens is 362 g/mol. The van der Waals surface area contributed by atoms with Crippen molar-refractivity contribution in [2.24, 2.45) is 0 Å². The Balaban J connectivity index is 1.78. The number of Topliss-reactive ketones (excluding diaryl/α,β-unsaturated/α-hetero) is 1. The fraction of sp³-hybridized carbons (Fsp3) is 0.333. The monoisotopic (exact) mass is 385 g/mol. The topological polar surface area (TPSA) is 74.3 Å². The van der Waals surface area contributed by atoms with E-state index >= 15 is 0 Å². The second kappa shape index (κ2) is 8.21. The minimum absolute atomic E-state index is 0.199. The number of methoxy groups -OCH3 is 3. The molecule has 0 saturated heterocycles. The molecule has 148 valence electrons. The Bertz CT molecular complexity index is 891. The molecule has 0 spiro atoms. The van der Waals surface area contributed by atoms with Crippen LogP contribution in [0.1, 0.15) is 22.3 Å². The molecule has 0 fully saturated rings. The van der Waals surface area contributed by atoms with Crippen LogP contribution in [0.15, 0.2) is 30.3 Å². The molecule has 1 heterocycles. The SMILES string of the molecule is COc1cc2c(c(OC)c1OC)C(=O)C(=O)N2CCCOc1ccc(C)cc1. The summed E-state index contributed by atoms with van der Waals surface area (Å²) in [5.41, 5.74) is 1.81. The third kappa shape index (κ3) is 3.47. The summed E-state index contributed by atoms with van der Waals surface area (Å²) in [6.45, 7) is 2.76. The van der Waals surface area contributed by atoms with Gasteiger partial charge in [-0.05, 0) is 25.5 Å². The van der Waals surface area contributed by atoms with Gasteiger partial charge < -0.3 is 23.8 Å². The summed E-state index contributed by atoms with van der Waals surface area (Å²) in [6.07, 6.45) is 0.559. The lowest BCUT2D eigenvalue weighted by Gasteiger charge is -2.19. The first-order valence-corrected chi connectivity index (χ1v) is 8.90. The summed E-state index contributed by atoms with van der Waals surface area (Å²) in [5, 5.41) is 0. The van der Waals surface area contributed by atoms with E-state index in [9.17, 15) is 9.59 Å². The number of hydrogen-bond donors (Lipinski definition) is 0. The fourth-order valence-electron chi connectivity index (χ4n) is 3.18. The Labute approximate surface area is 163 Å². The lowest BCUT2D eigenvalue weighted by molar-refractivity contribution is -0.114. The minimum Gasteiger partial charge on any atom is -0.494 e. The molecule has 0 atom stereocenters. The van der Waals surface area contributed by atoms with E-state index in [0.29, 0.717) is 31.0 Å². The quantitative estimate of drug-likeness (QED) is 0.514. The molecule has 2 aromatic carbocycles. The first kappa shape index (κ1) is 19.5. The smallest absolute Gasteiger partial charge is 0.299 e. The third-order valence-electron chi connectivity index (χ3n) is 4.58. The molecule has 2 aromatic rings. The summed E-state index contributed by atoms with van der Waals surface area (Å²) in [4.78, 5) is 26.5. The van der Waals surface area contributed by atoms with Gasteiger partial charge in [0, 0.05) is 12.6 Å². The zero-order valence-corrected chi connectivity index (χ0v) is 16.4. The second-order valence-electron chi connectivity index (χ2n) is 6.34. The van der Waals surface area contributed by atoms with Crippen LogP contribution in [-0.4, -0.2) is 46.2 Å². The van der Waals surface area contributed by atoms with E-state index in [0.717, 1.165) is 11.3 Å². The zero-order chi connectivity index (χ0) is 20.3. The van der Waals surface area contributed by atoms with E-state index in [-0.39, 0.29) is 17.1 Å². The van der Waals surface area contributed by atoms with Gasteiger partial charge in [0.1, 0.15) is 5.75 Å². The van der Waals surface area contributed by atoms with Crippen LogP contribution in [0.3, 0.4) is 0 Å². The van der Waals surface area contributed by atoms with Crippen molar-refractivity contribution in [2.75, 3.05) is 39.4 Å². The largest absolute Gasteiger partial charge is 0.494 e. The molecule has 1 aliphatic heterocycles. The molecule has 0 N–H and O–H groups in total. The number of nitrogens with zero attached hydrogens (tertiary/aromatic N) is 1. The van der Waals surface area contributed by atoms with Crippen molar-refractivity contribution in [1.82, 2.24) is 0 Å². The Hall–Kier alpha value is -3.22. The molecule has 7 nitrogen and oxygen atoms in total. The molecule has 28 heavy (non-hydrogen) atoms. The average molecular weight is 385 g/mol. The van der Waals surface area contributed by atoms with E-state index in [1.54, 1.807) is 6.07 Å². The maximum Gasteiger partial charge on any atom is 0.299 e. The summed E-state index contributed by atoms with van der Waals surface area (Å²) in [7, 11) is 4.36. The predicted octanol–water partition coefficient (Wildman–Crippen LogP) is 3.02. The number of aryl methyl sites for hydroxylation is 1. The van der Waals surface area contributed by atoms with Crippen molar-refractivity contribution in [2.45, 2.75) is 13.3 Å². The first-order valence-electron chi connectivity index (χ1n) is 8.90. The number of anilines is 1. The zero-order valence-electron chi connectivity index (χ0n) is 16.4. The molecule has 7 heteroatoms. The van der Waals surface area contributed by atoms with Crippen molar-refractivity contribution >= 4 is 17.4 Å². The van der Waals surface area contributed by atoms with Gasteiger partial charge in [-0.25, -0.2) is 0 Å². The van der Waals surface area contributed by atoms with E-state index in [2.05, 4.69) is 0 Å². The van der Waals surface area contributed by atoms with E-state index < -0.39 is 11.7 Å². The molecule has 0 aromatic heterocycles. The van der Waals surface area contributed by atoms with Gasteiger partial charge in [-0.2, -0.15) is 0 Å². The van der Waals surface area contributed by atoms with Crippen molar-refractivity contribution in [3.05, 3.63) is 41.5 Å². The van der Waals surface area contributed by atoms with Gasteiger partial charge in [0.25, 0.3) is 11.7 Å². The summed E-state index contributed by atoms with van der Waals surface area (Å²) < 4.78 is 21.7. The summed E-state index contributed by atoms with van der Waals surface area (Å²) >= 11 is 0. The van der Waals surface area contributed by atoms with Gasteiger partial charge in [0.15, 0.2) is 11.5 Å². The highest BCUT2D eigenvalue weighted by Crippen LogP contribution is 2.48. The number of carbonyl (C=O) groups is 2. The van der Waals surface area contributed by atoms with Crippen LogP contribution in [-0.2, 0) is 4.79 Å². The van der Waals surface area contributed by atoms with E-state index in [1.807, 2.05) is 31.2 Å². The second-order valence-corrected chi connectivity index (χ2v) is 6.34. The van der Waals surface area contributed by atoms with Gasteiger partial charge in [-0.15, -0.1) is 0 Å². The maximum absolute atomic E-state index is 12.5. The van der Waals surface area contributed by atoms with Crippen molar-refractivity contribution in [3.8, 4) is 23.0 Å². The van der Waals surface area contributed by atoms with Crippen LogP contribution in [0.25, 0.3) is 0 Å². The maximum atomic E-state index is 12.5. The van der Waals surface area contributed by atoms with Crippen molar-refractivity contribution < 1.29 is 28.5 Å². The van der Waals surface area contributed by atoms with E-state index in [1.165, 1.54) is 26.2 Å². The summed E-state index contributed by atoms with van der Waals surface area (Å²) in [5.74, 6) is 0.429. The number of rotatable bonds is 8. The average Bonchev–Trinajstić information content (AvgIpc) is 2.95. The number of amides is 1. The third-order valence-corrected chi connectivity index (χ3v) is 4.58. The van der Waals surface area contributed by atoms with Crippen LogP contribution < -0.4 is 23.8 Å². The minimum atomic E-state index is -0.618. The lowest BCUT2D eigenvalue weighted by atomic mass is 10.1. The van der Waals surface area contributed by atoms with Crippen LogP contribution in [0, 0.1) is 6.92 Å². The number of fused-ring (bicyclic) bond motifs is 1. The van der Waals surface area contributed by atoms with Gasteiger partial charge in [0.2, 0.25) is 5.75 Å². The number of benzene rings is 2. The van der Waals surface area contributed by atoms with Gasteiger partial charge in [-0.1, -0.05) is 17.7 Å². The number of carbonyl (C=O) groups excluding carboxylic acids is 2. The van der Waals surface area contributed by atoms with Crippen molar-refractivity contribution in [3.63, 3.8) is 0 Å². The van der Waals surface area contributed by atoms with Gasteiger partial charge in [-0.3, -0.25) is 9.59 Å².